The maximum atomic E-state index is 12.5. The minimum absolute atomic E-state index is 0.000214. The van der Waals surface area contributed by atoms with Crippen molar-refractivity contribution in [3.05, 3.63) is 34.9 Å². The van der Waals surface area contributed by atoms with Crippen LogP contribution in [0.3, 0.4) is 0 Å². The lowest BCUT2D eigenvalue weighted by Crippen LogP contribution is -2.49. The number of carbonyl (C=O) groups is 1. The smallest absolute Gasteiger partial charge is 0.225 e. The fourth-order valence-electron chi connectivity index (χ4n) is 2.59. The van der Waals surface area contributed by atoms with Crippen LogP contribution in [0.4, 0.5) is 0 Å². The molecule has 0 aliphatic carbocycles. The first-order valence-electron chi connectivity index (χ1n) is 7.14. The van der Waals surface area contributed by atoms with Gasteiger partial charge in [-0.05, 0) is 17.7 Å². The molecule has 6 heteroatoms. The highest BCUT2D eigenvalue weighted by atomic mass is 35.5. The molecular formula is C15H22ClN3O2. The van der Waals surface area contributed by atoms with E-state index in [1.165, 1.54) is 0 Å². The van der Waals surface area contributed by atoms with E-state index < -0.39 is 0 Å². The zero-order chi connectivity index (χ0) is 15.2. The molecule has 1 saturated heterocycles. The van der Waals surface area contributed by atoms with Gasteiger partial charge in [0.2, 0.25) is 5.91 Å². The molecule has 1 amide bonds. The van der Waals surface area contributed by atoms with Gasteiger partial charge in [-0.15, -0.1) is 0 Å². The van der Waals surface area contributed by atoms with E-state index >= 15 is 0 Å². The summed E-state index contributed by atoms with van der Waals surface area (Å²) in [5, 5.41) is 4.01. The summed E-state index contributed by atoms with van der Waals surface area (Å²) < 4.78 is 5.21. The molecule has 0 saturated carbocycles. The molecule has 0 aromatic heterocycles. The third-order valence-corrected chi connectivity index (χ3v) is 4.03. The molecule has 2 rings (SSSR count). The lowest BCUT2D eigenvalue weighted by Gasteiger charge is -2.37. The molecule has 21 heavy (non-hydrogen) atoms. The third-order valence-electron chi connectivity index (χ3n) is 3.80. The first-order valence-corrected chi connectivity index (χ1v) is 7.52. The molecule has 1 aromatic carbocycles. The topological polar surface area (TPSA) is 67.6 Å². The number of halogens is 1. The van der Waals surface area contributed by atoms with Gasteiger partial charge in [0.05, 0.1) is 18.6 Å². The Morgan fingerprint density at radius 2 is 2.43 bits per heavy atom. The highest BCUT2D eigenvalue weighted by Gasteiger charge is 2.29. The van der Waals surface area contributed by atoms with Crippen LogP contribution in [0.1, 0.15) is 18.0 Å². The Bertz CT molecular complexity index is 480. The highest BCUT2D eigenvalue weighted by Crippen LogP contribution is 2.25. The number of hydrogen-bond donors (Lipinski definition) is 2. The van der Waals surface area contributed by atoms with E-state index in [2.05, 4.69) is 5.32 Å². The molecule has 5 nitrogen and oxygen atoms in total. The average Bonchev–Trinajstić information content (AvgIpc) is 2.52. The van der Waals surface area contributed by atoms with Crippen LogP contribution >= 0.6 is 11.6 Å². The lowest BCUT2D eigenvalue weighted by molar-refractivity contribution is -0.137. The van der Waals surface area contributed by atoms with E-state index in [4.69, 9.17) is 22.1 Å². The van der Waals surface area contributed by atoms with E-state index in [1.54, 1.807) is 7.11 Å². The predicted molar refractivity (Wildman–Crippen MR) is 83.2 cm³/mol. The lowest BCUT2D eigenvalue weighted by atomic mass is 10.0. The summed E-state index contributed by atoms with van der Waals surface area (Å²) in [7, 11) is 1.58. The quantitative estimate of drug-likeness (QED) is 0.857. The summed E-state index contributed by atoms with van der Waals surface area (Å²) in [6.45, 7) is 2.54. The summed E-state index contributed by atoms with van der Waals surface area (Å²) in [5.74, 6) is 0.0683. The summed E-state index contributed by atoms with van der Waals surface area (Å²) in [4.78, 5) is 14.4. The summed E-state index contributed by atoms with van der Waals surface area (Å²) >= 11 is 6.06. The van der Waals surface area contributed by atoms with Crippen molar-refractivity contribution in [2.45, 2.75) is 18.6 Å². The number of nitrogens with two attached hydrogens (primary N) is 1. The van der Waals surface area contributed by atoms with Gasteiger partial charge < -0.3 is 20.7 Å². The zero-order valence-electron chi connectivity index (χ0n) is 12.2. The van der Waals surface area contributed by atoms with Gasteiger partial charge >= 0.3 is 0 Å². The van der Waals surface area contributed by atoms with Crippen LogP contribution in [0.5, 0.6) is 0 Å². The first-order chi connectivity index (χ1) is 10.2. The van der Waals surface area contributed by atoms with E-state index in [1.807, 2.05) is 29.2 Å². The van der Waals surface area contributed by atoms with Gasteiger partial charge in [0.25, 0.3) is 0 Å². The van der Waals surface area contributed by atoms with Crippen LogP contribution in [-0.4, -0.2) is 50.2 Å². The summed E-state index contributed by atoms with van der Waals surface area (Å²) in [6.07, 6.45) is 0.0803. The van der Waals surface area contributed by atoms with Crippen molar-refractivity contribution in [3.8, 4) is 0 Å². The molecule has 0 spiro atoms. The zero-order valence-corrected chi connectivity index (χ0v) is 13.0. The van der Waals surface area contributed by atoms with Crippen LogP contribution in [-0.2, 0) is 9.53 Å². The Kier molecular flexibility index (Phi) is 5.99. The molecular weight excluding hydrogens is 290 g/mol. The third kappa shape index (κ3) is 4.17. The van der Waals surface area contributed by atoms with Gasteiger partial charge in [-0.25, -0.2) is 0 Å². The van der Waals surface area contributed by atoms with E-state index in [9.17, 15) is 4.79 Å². The van der Waals surface area contributed by atoms with Crippen molar-refractivity contribution < 1.29 is 9.53 Å². The number of methoxy groups -OCH3 is 1. The second kappa shape index (κ2) is 7.75. The largest absolute Gasteiger partial charge is 0.380 e. The minimum Gasteiger partial charge on any atom is -0.380 e. The van der Waals surface area contributed by atoms with Gasteiger partial charge in [0, 0.05) is 38.3 Å². The molecule has 1 heterocycles. The van der Waals surface area contributed by atoms with Crippen molar-refractivity contribution in [2.75, 3.05) is 33.3 Å². The molecule has 0 radical (unpaired) electrons. The Hall–Kier alpha value is -1.14. The van der Waals surface area contributed by atoms with Crippen LogP contribution in [0.15, 0.2) is 24.3 Å². The summed E-state index contributed by atoms with van der Waals surface area (Å²) in [6, 6.07) is 7.66. The number of benzene rings is 1. The molecule has 1 aromatic rings. The number of piperazine rings is 1. The molecule has 1 aliphatic heterocycles. The maximum absolute atomic E-state index is 12.5. The standard InChI is InChI=1S/C15H22ClN3O2/c1-21-13(9-17)8-15(20)19-6-5-18-10-14(19)11-3-2-4-12(16)7-11/h2-4,7,13-14,18H,5-6,8-10,17H2,1H3. The molecule has 116 valence electrons. The average molecular weight is 312 g/mol. The Labute approximate surface area is 130 Å². The second-order valence-electron chi connectivity index (χ2n) is 5.16. The molecule has 0 bridgehead atoms. The molecule has 2 atom stereocenters. The normalized spacial score (nSPS) is 20.3. The van der Waals surface area contributed by atoms with Gasteiger partial charge in [-0.2, -0.15) is 0 Å². The number of amides is 1. The van der Waals surface area contributed by atoms with Gasteiger partial charge in [0.15, 0.2) is 0 Å². The van der Waals surface area contributed by atoms with Crippen molar-refractivity contribution in [1.82, 2.24) is 10.2 Å². The number of nitrogens with zero attached hydrogens (tertiary/aromatic N) is 1. The first kappa shape index (κ1) is 16.2. The second-order valence-corrected chi connectivity index (χ2v) is 5.60. The number of rotatable bonds is 5. The molecule has 2 unspecified atom stereocenters. The Balaban J connectivity index is 2.13. The Morgan fingerprint density at radius 1 is 1.62 bits per heavy atom. The van der Waals surface area contributed by atoms with Gasteiger partial charge in [-0.3, -0.25) is 4.79 Å². The van der Waals surface area contributed by atoms with Crippen molar-refractivity contribution >= 4 is 17.5 Å². The van der Waals surface area contributed by atoms with Crippen LogP contribution in [0.2, 0.25) is 5.02 Å². The van der Waals surface area contributed by atoms with E-state index in [0.29, 0.717) is 24.5 Å². The van der Waals surface area contributed by atoms with Crippen LogP contribution < -0.4 is 11.1 Å². The number of nitrogens with one attached hydrogen (secondary N) is 1. The summed E-state index contributed by atoms with van der Waals surface area (Å²) in [5.41, 5.74) is 6.65. The Morgan fingerprint density at radius 3 is 3.10 bits per heavy atom. The van der Waals surface area contributed by atoms with E-state index in [0.717, 1.165) is 18.7 Å². The monoisotopic (exact) mass is 311 g/mol. The molecule has 3 N–H and O–H groups in total. The predicted octanol–water partition coefficient (Wildman–Crippen LogP) is 1.18. The van der Waals surface area contributed by atoms with Crippen molar-refractivity contribution in [1.29, 1.82) is 0 Å². The van der Waals surface area contributed by atoms with Crippen molar-refractivity contribution in [2.24, 2.45) is 5.73 Å². The maximum Gasteiger partial charge on any atom is 0.225 e. The molecule has 1 fully saturated rings. The van der Waals surface area contributed by atoms with Gasteiger partial charge in [0.1, 0.15) is 0 Å². The van der Waals surface area contributed by atoms with Gasteiger partial charge in [-0.1, -0.05) is 23.7 Å². The number of carbonyl (C=O) groups excluding carboxylic acids is 1. The SMILES string of the molecule is COC(CN)CC(=O)N1CCNCC1c1cccc(Cl)c1. The minimum atomic E-state index is -0.229. The fourth-order valence-corrected chi connectivity index (χ4v) is 2.79. The fraction of sp³-hybridized carbons (Fsp3) is 0.533. The van der Waals surface area contributed by atoms with Crippen molar-refractivity contribution in [3.63, 3.8) is 0 Å². The van der Waals surface area contributed by atoms with Crippen LogP contribution in [0.25, 0.3) is 0 Å². The number of ether oxygens (including phenoxy) is 1. The highest BCUT2D eigenvalue weighted by molar-refractivity contribution is 6.30. The van der Waals surface area contributed by atoms with Crippen LogP contribution in [0, 0.1) is 0 Å². The number of hydrogen-bond acceptors (Lipinski definition) is 4. The van der Waals surface area contributed by atoms with E-state index in [-0.39, 0.29) is 18.1 Å². The molecule has 1 aliphatic rings.